The van der Waals surface area contributed by atoms with Gasteiger partial charge in [0.25, 0.3) is 0 Å². The number of phenolic OH excluding ortho intramolecular Hbond substituents is 2. The highest BCUT2D eigenvalue weighted by Crippen LogP contribution is 2.39. The molecular weight excluding hydrogens is 240 g/mol. The van der Waals surface area contributed by atoms with Gasteiger partial charge < -0.3 is 10.2 Å². The van der Waals surface area contributed by atoms with E-state index >= 15 is 0 Å². The summed E-state index contributed by atoms with van der Waals surface area (Å²) in [6.45, 7) is 1.85. The molecule has 0 aliphatic carbocycles. The first-order chi connectivity index (χ1) is 9.10. The van der Waals surface area contributed by atoms with Crippen molar-refractivity contribution < 1.29 is 10.2 Å². The molecule has 0 heterocycles. The molecule has 0 aromatic heterocycles. The van der Waals surface area contributed by atoms with Crippen LogP contribution in [0.1, 0.15) is 16.7 Å². The minimum Gasteiger partial charge on any atom is -0.504 e. The summed E-state index contributed by atoms with van der Waals surface area (Å²) < 4.78 is 0. The zero-order valence-corrected chi connectivity index (χ0v) is 10.2. The molecule has 19 heavy (non-hydrogen) atoms. The Hall–Kier alpha value is -2.98. The van der Waals surface area contributed by atoms with Crippen molar-refractivity contribution in [3.63, 3.8) is 0 Å². The van der Waals surface area contributed by atoms with Gasteiger partial charge in [0.1, 0.15) is 11.6 Å². The summed E-state index contributed by atoms with van der Waals surface area (Å²) in [5.74, 6) is -0.967. The summed E-state index contributed by atoms with van der Waals surface area (Å²) in [6, 6.07) is 12.2. The van der Waals surface area contributed by atoms with Gasteiger partial charge >= 0.3 is 0 Å². The Labute approximate surface area is 110 Å². The van der Waals surface area contributed by atoms with Crippen LogP contribution in [0.25, 0.3) is 11.1 Å². The summed E-state index contributed by atoms with van der Waals surface area (Å²) >= 11 is 0. The zero-order valence-electron chi connectivity index (χ0n) is 10.2. The minimum absolute atomic E-state index is 0.0918. The first-order valence-corrected chi connectivity index (χ1v) is 5.55. The maximum Gasteiger partial charge on any atom is 0.176 e. The highest BCUT2D eigenvalue weighted by Gasteiger charge is 2.19. The smallest absolute Gasteiger partial charge is 0.176 e. The Morgan fingerprint density at radius 1 is 1.05 bits per heavy atom. The van der Waals surface area contributed by atoms with Crippen LogP contribution >= 0.6 is 0 Å². The summed E-state index contributed by atoms with van der Waals surface area (Å²) in [5.41, 5.74) is 1.97. The predicted octanol–water partition coefficient (Wildman–Crippen LogP) is 2.82. The second kappa shape index (κ2) is 4.72. The van der Waals surface area contributed by atoms with Crippen molar-refractivity contribution >= 4 is 0 Å². The monoisotopic (exact) mass is 250 g/mol. The topological polar surface area (TPSA) is 88.0 Å². The molecule has 2 aromatic rings. The summed E-state index contributed by atoms with van der Waals surface area (Å²) in [4.78, 5) is 0. The fraction of sp³-hybridized carbons (Fsp3) is 0.0667. The molecular formula is C15H10N2O2. The maximum atomic E-state index is 9.77. The Morgan fingerprint density at radius 3 is 2.32 bits per heavy atom. The molecule has 0 saturated carbocycles. The molecule has 0 fully saturated rings. The summed E-state index contributed by atoms with van der Waals surface area (Å²) in [5, 5.41) is 37.6. The molecule has 0 aliphatic heterocycles. The number of aryl methyl sites for hydroxylation is 1. The number of rotatable bonds is 1. The SMILES string of the molecule is Cc1ccccc1-c1c(C#N)cc(O)c(O)c1C#N. The lowest BCUT2D eigenvalue weighted by molar-refractivity contribution is 0.402. The van der Waals surface area contributed by atoms with Crippen LogP contribution < -0.4 is 0 Å². The quantitative estimate of drug-likeness (QED) is 0.762. The number of phenols is 2. The third-order valence-corrected chi connectivity index (χ3v) is 2.93. The van der Waals surface area contributed by atoms with E-state index in [1.165, 1.54) is 0 Å². The van der Waals surface area contributed by atoms with Gasteiger partial charge in [-0.1, -0.05) is 24.3 Å². The average molecular weight is 250 g/mol. The van der Waals surface area contributed by atoms with Gasteiger partial charge in [-0.25, -0.2) is 0 Å². The number of nitrogens with zero attached hydrogens (tertiary/aromatic N) is 2. The van der Waals surface area contributed by atoms with E-state index in [0.717, 1.165) is 11.6 Å². The van der Waals surface area contributed by atoms with E-state index in [2.05, 4.69) is 0 Å². The van der Waals surface area contributed by atoms with Crippen molar-refractivity contribution in [2.45, 2.75) is 6.92 Å². The van der Waals surface area contributed by atoms with Gasteiger partial charge in [-0.15, -0.1) is 0 Å². The second-order valence-electron chi connectivity index (χ2n) is 4.08. The molecule has 0 radical (unpaired) electrons. The number of hydrogen-bond donors (Lipinski definition) is 2. The molecule has 0 saturated heterocycles. The lowest BCUT2D eigenvalue weighted by atomic mass is 9.91. The van der Waals surface area contributed by atoms with Crippen molar-refractivity contribution in [1.82, 2.24) is 0 Å². The zero-order chi connectivity index (χ0) is 14.0. The van der Waals surface area contributed by atoms with E-state index in [1.54, 1.807) is 12.1 Å². The standard InChI is InChI=1S/C15H10N2O2/c1-9-4-2-3-5-11(9)14-10(7-16)6-13(18)15(19)12(14)8-17/h2-6,18-19H,1H3. The van der Waals surface area contributed by atoms with Crippen LogP contribution in [0.5, 0.6) is 11.5 Å². The van der Waals surface area contributed by atoms with E-state index in [1.807, 2.05) is 31.2 Å². The third-order valence-electron chi connectivity index (χ3n) is 2.93. The van der Waals surface area contributed by atoms with Crippen LogP contribution in [-0.2, 0) is 0 Å². The minimum atomic E-state index is -0.500. The first-order valence-electron chi connectivity index (χ1n) is 5.55. The largest absolute Gasteiger partial charge is 0.504 e. The number of nitriles is 2. The van der Waals surface area contributed by atoms with Crippen LogP contribution in [-0.4, -0.2) is 10.2 Å². The second-order valence-corrected chi connectivity index (χ2v) is 4.08. The Morgan fingerprint density at radius 2 is 1.74 bits per heavy atom. The van der Waals surface area contributed by atoms with Gasteiger partial charge in [0, 0.05) is 11.6 Å². The number of benzene rings is 2. The Bertz CT molecular complexity index is 737. The average Bonchev–Trinajstić information content (AvgIpc) is 2.42. The van der Waals surface area contributed by atoms with Crippen molar-refractivity contribution in [2.75, 3.05) is 0 Å². The van der Waals surface area contributed by atoms with Gasteiger partial charge in [0.05, 0.1) is 11.6 Å². The fourth-order valence-electron chi connectivity index (χ4n) is 1.99. The lowest BCUT2D eigenvalue weighted by Crippen LogP contribution is -1.93. The van der Waals surface area contributed by atoms with Gasteiger partial charge in [0.15, 0.2) is 11.5 Å². The van der Waals surface area contributed by atoms with Gasteiger partial charge in [-0.2, -0.15) is 10.5 Å². The molecule has 0 aliphatic rings. The third kappa shape index (κ3) is 1.96. The Balaban J connectivity index is 2.92. The van der Waals surface area contributed by atoms with Gasteiger partial charge in [-0.3, -0.25) is 0 Å². The van der Waals surface area contributed by atoms with E-state index < -0.39 is 11.5 Å². The highest BCUT2D eigenvalue weighted by atomic mass is 16.3. The van der Waals surface area contributed by atoms with E-state index in [9.17, 15) is 10.2 Å². The van der Waals surface area contributed by atoms with E-state index in [4.69, 9.17) is 10.5 Å². The van der Waals surface area contributed by atoms with Crippen LogP contribution in [0.2, 0.25) is 0 Å². The van der Waals surface area contributed by atoms with E-state index in [-0.39, 0.29) is 11.1 Å². The molecule has 2 aromatic carbocycles. The summed E-state index contributed by atoms with van der Waals surface area (Å²) in [7, 11) is 0. The van der Waals surface area contributed by atoms with Gasteiger partial charge in [-0.05, 0) is 18.1 Å². The molecule has 4 heteroatoms. The van der Waals surface area contributed by atoms with E-state index in [0.29, 0.717) is 11.1 Å². The van der Waals surface area contributed by atoms with Crippen LogP contribution in [0, 0.1) is 29.6 Å². The highest BCUT2D eigenvalue weighted by molar-refractivity contribution is 5.82. The number of aromatic hydroxyl groups is 2. The predicted molar refractivity (Wildman–Crippen MR) is 69.4 cm³/mol. The molecule has 0 unspecified atom stereocenters. The van der Waals surface area contributed by atoms with Crippen molar-refractivity contribution in [3.8, 4) is 34.8 Å². The molecule has 0 bridgehead atoms. The molecule has 4 nitrogen and oxygen atoms in total. The van der Waals surface area contributed by atoms with Crippen LogP contribution in [0.4, 0.5) is 0 Å². The first kappa shape index (κ1) is 12.5. The Kier molecular flexibility index (Phi) is 3.10. The molecule has 2 N–H and O–H groups in total. The van der Waals surface area contributed by atoms with Crippen LogP contribution in [0.15, 0.2) is 30.3 Å². The molecule has 2 rings (SSSR count). The van der Waals surface area contributed by atoms with Crippen molar-refractivity contribution in [2.24, 2.45) is 0 Å². The fourth-order valence-corrected chi connectivity index (χ4v) is 1.99. The maximum absolute atomic E-state index is 9.77. The van der Waals surface area contributed by atoms with Crippen molar-refractivity contribution in [3.05, 3.63) is 47.0 Å². The number of hydrogen-bond acceptors (Lipinski definition) is 4. The van der Waals surface area contributed by atoms with Crippen molar-refractivity contribution in [1.29, 1.82) is 10.5 Å². The lowest BCUT2D eigenvalue weighted by Gasteiger charge is -2.12. The van der Waals surface area contributed by atoms with Gasteiger partial charge in [0.2, 0.25) is 0 Å². The normalized spacial score (nSPS) is 9.63. The molecule has 0 amide bonds. The molecule has 0 atom stereocenters. The molecule has 0 spiro atoms. The molecule has 92 valence electrons. The van der Waals surface area contributed by atoms with Crippen LogP contribution in [0.3, 0.4) is 0 Å². The summed E-state index contributed by atoms with van der Waals surface area (Å²) in [6.07, 6.45) is 0.